The normalized spacial score (nSPS) is 15.4. The van der Waals surface area contributed by atoms with Gasteiger partial charge in [-0.25, -0.2) is 4.79 Å². The predicted molar refractivity (Wildman–Crippen MR) is 136 cm³/mol. The summed E-state index contributed by atoms with van der Waals surface area (Å²) in [6.07, 6.45) is 7.21. The van der Waals surface area contributed by atoms with E-state index in [9.17, 15) is 4.79 Å². The summed E-state index contributed by atoms with van der Waals surface area (Å²) in [4.78, 5) is 28.8. The molecule has 0 unspecified atom stereocenters. The van der Waals surface area contributed by atoms with Gasteiger partial charge in [0.05, 0.1) is 6.61 Å². The van der Waals surface area contributed by atoms with Crippen LogP contribution in [-0.2, 0) is 6.54 Å². The van der Waals surface area contributed by atoms with Crippen LogP contribution >= 0.6 is 0 Å². The van der Waals surface area contributed by atoms with Crippen LogP contribution in [0.3, 0.4) is 0 Å². The van der Waals surface area contributed by atoms with Gasteiger partial charge in [-0.3, -0.25) is 9.47 Å². The van der Waals surface area contributed by atoms with Gasteiger partial charge in [0.15, 0.2) is 11.5 Å². The average molecular weight is 466 g/mol. The molecule has 0 radical (unpaired) electrons. The number of anilines is 1. The summed E-state index contributed by atoms with van der Waals surface area (Å²) in [6, 6.07) is 10.6. The number of aromatic amines is 1. The first-order valence-corrected chi connectivity index (χ1v) is 12.2. The Labute approximate surface area is 200 Å². The SMILES string of the molecule is CCCCOc1nc(N)c2[nH]c(=O)n(CCCN3CCN(CC=Cc4ccccc4)CC3)c2n1. The zero-order valence-electron chi connectivity index (χ0n) is 19.9. The Morgan fingerprint density at radius 1 is 1.06 bits per heavy atom. The van der Waals surface area contributed by atoms with Crippen molar-refractivity contribution in [2.75, 3.05) is 51.6 Å². The van der Waals surface area contributed by atoms with Crippen LogP contribution in [0.4, 0.5) is 5.82 Å². The standard InChI is InChI=1S/C25H35N7O2/c1-2-3-19-34-24-28-22(26)21-23(29-24)32(25(33)27-21)14-8-13-31-17-15-30(16-18-31)12-7-11-20-9-5-4-6-10-20/h4-7,9-11H,2-3,8,12-19H2,1H3,(H,27,33)(H2,26,28,29). The maximum atomic E-state index is 12.5. The number of aryl methyl sites for hydroxylation is 1. The van der Waals surface area contributed by atoms with Gasteiger partial charge in [0.2, 0.25) is 0 Å². The average Bonchev–Trinajstić information content (AvgIpc) is 3.17. The summed E-state index contributed by atoms with van der Waals surface area (Å²) in [5.74, 6) is 0.241. The van der Waals surface area contributed by atoms with Gasteiger partial charge in [-0.1, -0.05) is 55.8 Å². The molecule has 182 valence electrons. The first-order chi connectivity index (χ1) is 16.6. The minimum Gasteiger partial charge on any atom is -0.463 e. The third kappa shape index (κ3) is 6.24. The van der Waals surface area contributed by atoms with Gasteiger partial charge in [-0.15, -0.1) is 0 Å². The Kier molecular flexibility index (Phi) is 8.32. The first-order valence-electron chi connectivity index (χ1n) is 12.2. The highest BCUT2D eigenvalue weighted by molar-refractivity contribution is 5.81. The summed E-state index contributed by atoms with van der Waals surface area (Å²) in [5, 5.41) is 0. The van der Waals surface area contributed by atoms with E-state index in [4.69, 9.17) is 10.5 Å². The molecule has 1 aliphatic heterocycles. The fourth-order valence-corrected chi connectivity index (χ4v) is 4.16. The molecule has 1 aromatic carbocycles. The Morgan fingerprint density at radius 3 is 2.59 bits per heavy atom. The second-order valence-electron chi connectivity index (χ2n) is 8.68. The molecule has 3 aromatic rings. The van der Waals surface area contributed by atoms with Crippen molar-refractivity contribution in [2.24, 2.45) is 0 Å². The molecule has 2 aromatic heterocycles. The van der Waals surface area contributed by atoms with Crippen LogP contribution in [0.2, 0.25) is 0 Å². The Balaban J connectivity index is 1.26. The minimum absolute atomic E-state index is 0.211. The number of fused-ring (bicyclic) bond motifs is 1. The number of benzene rings is 1. The van der Waals surface area contributed by atoms with E-state index in [0.717, 1.165) is 58.5 Å². The van der Waals surface area contributed by atoms with E-state index >= 15 is 0 Å². The summed E-state index contributed by atoms with van der Waals surface area (Å²) in [6.45, 7) is 9.27. The molecule has 0 atom stereocenters. The maximum absolute atomic E-state index is 12.5. The molecule has 4 rings (SSSR count). The van der Waals surface area contributed by atoms with E-state index in [-0.39, 0.29) is 17.5 Å². The number of nitrogen functional groups attached to an aromatic ring is 1. The number of hydrogen-bond acceptors (Lipinski definition) is 7. The molecule has 0 saturated carbocycles. The second kappa shape index (κ2) is 11.8. The van der Waals surface area contributed by atoms with Gasteiger partial charge in [-0.05, 0) is 24.9 Å². The van der Waals surface area contributed by atoms with Crippen LogP contribution in [0, 0.1) is 0 Å². The van der Waals surface area contributed by atoms with Gasteiger partial charge in [0, 0.05) is 39.3 Å². The van der Waals surface area contributed by atoms with Crippen molar-refractivity contribution >= 4 is 23.1 Å². The topological polar surface area (TPSA) is 105 Å². The van der Waals surface area contributed by atoms with E-state index in [2.05, 4.69) is 68.1 Å². The number of nitrogens with zero attached hydrogens (tertiary/aromatic N) is 5. The van der Waals surface area contributed by atoms with Crippen molar-refractivity contribution < 1.29 is 4.74 Å². The molecule has 0 aliphatic carbocycles. The number of imidazole rings is 1. The van der Waals surface area contributed by atoms with Crippen molar-refractivity contribution in [3.63, 3.8) is 0 Å². The molecule has 9 heteroatoms. The number of nitrogens with one attached hydrogen (secondary N) is 1. The molecule has 1 fully saturated rings. The van der Waals surface area contributed by atoms with Crippen molar-refractivity contribution in [1.82, 2.24) is 29.3 Å². The van der Waals surface area contributed by atoms with Crippen LogP contribution in [0.15, 0.2) is 41.2 Å². The summed E-state index contributed by atoms with van der Waals surface area (Å²) < 4.78 is 7.26. The molecule has 0 spiro atoms. The van der Waals surface area contributed by atoms with Crippen molar-refractivity contribution in [3.8, 4) is 6.01 Å². The smallest absolute Gasteiger partial charge is 0.327 e. The quantitative estimate of drug-likeness (QED) is 0.419. The molecule has 9 nitrogen and oxygen atoms in total. The lowest BCUT2D eigenvalue weighted by atomic mass is 10.2. The summed E-state index contributed by atoms with van der Waals surface area (Å²) in [5.41, 5.74) is 8.05. The number of nitrogens with two attached hydrogens (primary N) is 1. The van der Waals surface area contributed by atoms with Gasteiger partial charge >= 0.3 is 11.7 Å². The number of unbranched alkanes of at least 4 members (excludes halogenated alkanes) is 1. The monoisotopic (exact) mass is 465 g/mol. The third-order valence-electron chi connectivity index (χ3n) is 6.15. The largest absolute Gasteiger partial charge is 0.463 e. The molecule has 0 amide bonds. The zero-order chi connectivity index (χ0) is 23.8. The van der Waals surface area contributed by atoms with E-state index in [1.807, 2.05) is 6.07 Å². The number of hydrogen-bond donors (Lipinski definition) is 2. The van der Waals surface area contributed by atoms with Crippen LogP contribution in [-0.4, -0.2) is 75.2 Å². The number of aromatic nitrogens is 4. The molecule has 34 heavy (non-hydrogen) atoms. The number of piperazine rings is 1. The van der Waals surface area contributed by atoms with E-state index in [1.165, 1.54) is 5.56 Å². The lowest BCUT2D eigenvalue weighted by Crippen LogP contribution is -2.46. The van der Waals surface area contributed by atoms with E-state index < -0.39 is 0 Å². The van der Waals surface area contributed by atoms with Crippen LogP contribution in [0.25, 0.3) is 17.2 Å². The molecule has 0 bridgehead atoms. The van der Waals surface area contributed by atoms with Crippen LogP contribution in [0.1, 0.15) is 31.7 Å². The van der Waals surface area contributed by atoms with Crippen LogP contribution < -0.4 is 16.2 Å². The van der Waals surface area contributed by atoms with Crippen molar-refractivity contribution in [2.45, 2.75) is 32.7 Å². The Morgan fingerprint density at radius 2 is 1.82 bits per heavy atom. The Hall–Kier alpha value is -3.17. The number of rotatable bonds is 11. The van der Waals surface area contributed by atoms with Gasteiger partial charge in [0.1, 0.15) is 5.52 Å². The molecule has 3 heterocycles. The predicted octanol–water partition coefficient (Wildman–Crippen LogP) is 2.60. The number of H-pyrrole nitrogens is 1. The molecule has 1 aliphatic rings. The third-order valence-corrected chi connectivity index (χ3v) is 6.15. The second-order valence-corrected chi connectivity index (χ2v) is 8.68. The highest BCUT2D eigenvalue weighted by atomic mass is 16.5. The Bertz CT molecular complexity index is 1130. The van der Waals surface area contributed by atoms with Gasteiger partial charge in [-0.2, -0.15) is 9.97 Å². The van der Waals surface area contributed by atoms with Gasteiger partial charge in [0.25, 0.3) is 0 Å². The minimum atomic E-state index is -0.211. The summed E-state index contributed by atoms with van der Waals surface area (Å²) >= 11 is 0. The van der Waals surface area contributed by atoms with Crippen molar-refractivity contribution in [3.05, 3.63) is 52.5 Å². The molecule has 1 saturated heterocycles. The van der Waals surface area contributed by atoms with Crippen LogP contribution in [0.5, 0.6) is 6.01 Å². The zero-order valence-corrected chi connectivity index (χ0v) is 19.9. The fraction of sp³-hybridized carbons (Fsp3) is 0.480. The molecular formula is C25H35N7O2. The lowest BCUT2D eigenvalue weighted by Gasteiger charge is -2.34. The fourth-order valence-electron chi connectivity index (χ4n) is 4.16. The molecule has 3 N–H and O–H groups in total. The number of ether oxygens (including phenoxy) is 1. The van der Waals surface area contributed by atoms with E-state index in [0.29, 0.717) is 24.3 Å². The lowest BCUT2D eigenvalue weighted by molar-refractivity contribution is 0.140. The van der Waals surface area contributed by atoms with Crippen molar-refractivity contribution in [1.29, 1.82) is 0 Å². The molecular weight excluding hydrogens is 430 g/mol. The van der Waals surface area contributed by atoms with Gasteiger partial charge < -0.3 is 20.4 Å². The first kappa shape index (κ1) is 24.0. The maximum Gasteiger partial charge on any atom is 0.327 e. The highest BCUT2D eigenvalue weighted by Crippen LogP contribution is 2.18. The summed E-state index contributed by atoms with van der Waals surface area (Å²) in [7, 11) is 0. The van der Waals surface area contributed by atoms with E-state index in [1.54, 1.807) is 4.57 Å². The highest BCUT2D eigenvalue weighted by Gasteiger charge is 2.17.